The van der Waals surface area contributed by atoms with Gasteiger partial charge in [-0.25, -0.2) is 8.42 Å². The first kappa shape index (κ1) is 17.4. The van der Waals surface area contributed by atoms with Crippen molar-refractivity contribution in [1.82, 2.24) is 5.32 Å². The quantitative estimate of drug-likeness (QED) is 0.357. The van der Waals surface area contributed by atoms with Crippen molar-refractivity contribution in [2.75, 3.05) is 6.54 Å². The normalized spacial score (nSPS) is 11.1. The van der Waals surface area contributed by atoms with Crippen LogP contribution in [0, 0.1) is 10.1 Å². The number of rotatable bonds is 7. The predicted octanol–water partition coefficient (Wildman–Crippen LogP) is 2.44. The Kier molecular flexibility index (Phi) is 6.10. The molecule has 0 aliphatic carbocycles. The lowest BCUT2D eigenvalue weighted by molar-refractivity contribution is -0.385. The van der Waals surface area contributed by atoms with E-state index in [1.165, 1.54) is 0 Å². The van der Waals surface area contributed by atoms with Gasteiger partial charge >= 0.3 is 0 Å². The number of non-ortho nitro benzene ring substituents is 1. The fourth-order valence-corrected chi connectivity index (χ4v) is 2.44. The Balaban J connectivity index is 3.03. The number of unbranched alkanes of at least 4 members (excludes halogenated alkanes) is 2. The Bertz CT molecular complexity index is 645. The van der Waals surface area contributed by atoms with Crippen molar-refractivity contribution in [3.63, 3.8) is 0 Å². The van der Waals surface area contributed by atoms with Gasteiger partial charge in [0.2, 0.25) is 0 Å². The molecule has 1 N–H and O–H groups in total. The van der Waals surface area contributed by atoms with Crippen molar-refractivity contribution in [2.45, 2.75) is 31.1 Å². The van der Waals surface area contributed by atoms with E-state index in [4.69, 9.17) is 10.7 Å². The molecule has 9 heteroatoms. The fourth-order valence-electron chi connectivity index (χ4n) is 1.64. The van der Waals surface area contributed by atoms with Gasteiger partial charge in [-0.15, -0.1) is 0 Å². The van der Waals surface area contributed by atoms with Crippen LogP contribution >= 0.6 is 10.7 Å². The number of carbonyl (C=O) groups excluding carboxylic acids is 1. The van der Waals surface area contributed by atoms with Gasteiger partial charge in [-0.3, -0.25) is 14.9 Å². The molecule has 1 rings (SSSR count). The van der Waals surface area contributed by atoms with Gasteiger partial charge in [-0.2, -0.15) is 0 Å². The zero-order chi connectivity index (χ0) is 16.0. The lowest BCUT2D eigenvalue weighted by Crippen LogP contribution is -2.24. The second kappa shape index (κ2) is 7.37. The van der Waals surface area contributed by atoms with Crippen molar-refractivity contribution >= 4 is 31.3 Å². The van der Waals surface area contributed by atoms with Crippen LogP contribution in [-0.2, 0) is 9.05 Å². The zero-order valence-corrected chi connectivity index (χ0v) is 12.9. The van der Waals surface area contributed by atoms with E-state index in [2.05, 4.69) is 5.32 Å². The van der Waals surface area contributed by atoms with Gasteiger partial charge in [0.1, 0.15) is 0 Å². The minimum absolute atomic E-state index is 0.111. The molecule has 116 valence electrons. The molecule has 0 aromatic heterocycles. The second-order valence-corrected chi connectivity index (χ2v) is 6.94. The topological polar surface area (TPSA) is 106 Å². The molecule has 0 saturated carbocycles. The van der Waals surface area contributed by atoms with Crippen molar-refractivity contribution < 1.29 is 18.1 Å². The maximum atomic E-state index is 11.9. The van der Waals surface area contributed by atoms with Crippen LogP contribution in [0.1, 0.15) is 36.5 Å². The molecule has 0 atom stereocenters. The second-order valence-electron chi connectivity index (χ2n) is 4.37. The largest absolute Gasteiger partial charge is 0.352 e. The van der Waals surface area contributed by atoms with Gasteiger partial charge in [-0.05, 0) is 12.5 Å². The lowest BCUT2D eigenvalue weighted by atomic mass is 10.2. The number of amides is 1. The first-order valence-corrected chi connectivity index (χ1v) is 8.59. The maximum Gasteiger partial charge on any atom is 0.271 e. The Hall–Kier alpha value is -1.67. The van der Waals surface area contributed by atoms with Crippen LogP contribution < -0.4 is 5.32 Å². The van der Waals surface area contributed by atoms with Crippen LogP contribution in [-0.4, -0.2) is 25.8 Å². The van der Waals surface area contributed by atoms with E-state index in [0.29, 0.717) is 6.54 Å². The van der Waals surface area contributed by atoms with Gasteiger partial charge in [0.05, 0.1) is 9.82 Å². The minimum atomic E-state index is -4.16. The summed E-state index contributed by atoms with van der Waals surface area (Å²) in [4.78, 5) is 21.4. The number of carbonyl (C=O) groups is 1. The monoisotopic (exact) mass is 334 g/mol. The number of nitrogens with one attached hydrogen (secondary N) is 1. The minimum Gasteiger partial charge on any atom is -0.352 e. The highest BCUT2D eigenvalue weighted by atomic mass is 35.7. The average molecular weight is 335 g/mol. The molecule has 1 aromatic carbocycles. The summed E-state index contributed by atoms with van der Waals surface area (Å²) in [5, 5.41) is 13.4. The molecule has 0 aliphatic rings. The Labute approximate surface area is 126 Å². The van der Waals surface area contributed by atoms with Crippen molar-refractivity contribution in [3.05, 3.63) is 33.9 Å². The Morgan fingerprint density at radius 2 is 2.00 bits per heavy atom. The maximum absolute atomic E-state index is 11.9. The molecule has 0 fully saturated rings. The molecule has 0 radical (unpaired) electrons. The third-order valence-corrected chi connectivity index (χ3v) is 4.05. The molecule has 0 heterocycles. The summed E-state index contributed by atoms with van der Waals surface area (Å²) in [6, 6.07) is 2.85. The van der Waals surface area contributed by atoms with Gasteiger partial charge in [0.15, 0.2) is 0 Å². The fraction of sp³-hybridized carbons (Fsp3) is 0.417. The summed E-state index contributed by atoms with van der Waals surface area (Å²) in [7, 11) is 1.02. The highest BCUT2D eigenvalue weighted by molar-refractivity contribution is 8.13. The van der Waals surface area contributed by atoms with Crippen LogP contribution in [0.5, 0.6) is 0 Å². The van der Waals surface area contributed by atoms with E-state index in [9.17, 15) is 23.3 Å². The van der Waals surface area contributed by atoms with E-state index < -0.39 is 30.5 Å². The van der Waals surface area contributed by atoms with Gasteiger partial charge in [0, 0.05) is 34.9 Å². The summed E-state index contributed by atoms with van der Waals surface area (Å²) >= 11 is 0. The number of halogens is 1. The highest BCUT2D eigenvalue weighted by Crippen LogP contribution is 2.23. The van der Waals surface area contributed by atoms with Crippen molar-refractivity contribution in [1.29, 1.82) is 0 Å². The smallest absolute Gasteiger partial charge is 0.271 e. The van der Waals surface area contributed by atoms with E-state index in [1.807, 2.05) is 6.92 Å². The van der Waals surface area contributed by atoms with Crippen LogP contribution in [0.4, 0.5) is 5.69 Å². The van der Waals surface area contributed by atoms with Crippen LogP contribution in [0.15, 0.2) is 23.1 Å². The molecule has 1 amide bonds. The summed E-state index contributed by atoms with van der Waals surface area (Å²) in [5.41, 5.74) is -0.615. The van der Waals surface area contributed by atoms with Crippen LogP contribution in [0.25, 0.3) is 0 Å². The zero-order valence-electron chi connectivity index (χ0n) is 11.3. The van der Waals surface area contributed by atoms with Gasteiger partial charge in [-0.1, -0.05) is 19.8 Å². The highest BCUT2D eigenvalue weighted by Gasteiger charge is 2.20. The van der Waals surface area contributed by atoms with E-state index in [1.54, 1.807) is 0 Å². The van der Waals surface area contributed by atoms with Gasteiger partial charge < -0.3 is 5.32 Å². The molecule has 0 spiro atoms. The third kappa shape index (κ3) is 5.31. The number of nitro benzene ring substituents is 1. The molecule has 0 aliphatic heterocycles. The van der Waals surface area contributed by atoms with Crippen molar-refractivity contribution in [3.8, 4) is 0 Å². The molecule has 1 aromatic rings. The molecule has 21 heavy (non-hydrogen) atoms. The predicted molar refractivity (Wildman–Crippen MR) is 78.0 cm³/mol. The number of nitro groups is 1. The molecule has 0 bridgehead atoms. The number of nitrogens with zero attached hydrogens (tertiary/aromatic N) is 1. The molecule has 0 unspecified atom stereocenters. The van der Waals surface area contributed by atoms with E-state index in [0.717, 1.165) is 37.5 Å². The van der Waals surface area contributed by atoms with Gasteiger partial charge in [0.25, 0.3) is 20.6 Å². The van der Waals surface area contributed by atoms with Crippen molar-refractivity contribution in [2.24, 2.45) is 0 Å². The van der Waals surface area contributed by atoms with E-state index in [-0.39, 0.29) is 5.56 Å². The number of hydrogen-bond acceptors (Lipinski definition) is 5. The Morgan fingerprint density at radius 3 is 2.52 bits per heavy atom. The summed E-state index contributed by atoms with van der Waals surface area (Å²) in [6.07, 6.45) is 2.70. The standard InChI is InChI=1S/C12H15ClN2O5S/c1-2-3-4-5-14-12(16)9-6-10(15(17)18)8-11(7-9)21(13,19)20/h6-8H,2-5H2,1H3,(H,14,16). The summed E-state index contributed by atoms with van der Waals surface area (Å²) in [5.74, 6) is -0.573. The average Bonchev–Trinajstić information content (AvgIpc) is 2.41. The first-order chi connectivity index (χ1) is 9.75. The number of hydrogen-bond donors (Lipinski definition) is 1. The number of benzene rings is 1. The first-order valence-electron chi connectivity index (χ1n) is 6.28. The lowest BCUT2D eigenvalue weighted by Gasteiger charge is -2.06. The molecule has 7 nitrogen and oxygen atoms in total. The summed E-state index contributed by atoms with van der Waals surface area (Å²) < 4.78 is 22.6. The summed E-state index contributed by atoms with van der Waals surface area (Å²) in [6.45, 7) is 2.43. The van der Waals surface area contributed by atoms with Crippen LogP contribution in [0.3, 0.4) is 0 Å². The SMILES string of the molecule is CCCCCNC(=O)c1cc([N+](=O)[O-])cc(S(=O)(=O)Cl)c1. The van der Waals surface area contributed by atoms with E-state index >= 15 is 0 Å². The Morgan fingerprint density at radius 1 is 1.33 bits per heavy atom. The molecule has 0 saturated heterocycles. The van der Waals surface area contributed by atoms with Crippen LogP contribution in [0.2, 0.25) is 0 Å². The molecular weight excluding hydrogens is 320 g/mol. The third-order valence-electron chi connectivity index (χ3n) is 2.71. The molecular formula is C12H15ClN2O5S.